The highest BCUT2D eigenvalue weighted by molar-refractivity contribution is 5.57. The summed E-state index contributed by atoms with van der Waals surface area (Å²) >= 11 is 0. The van der Waals surface area contributed by atoms with Gasteiger partial charge in [0.2, 0.25) is 0 Å². The first-order chi connectivity index (χ1) is 5.57. The van der Waals surface area contributed by atoms with Crippen LogP contribution in [0.5, 0.6) is 5.75 Å². The third-order valence-electron chi connectivity index (χ3n) is 2.13. The molecule has 1 aromatic carbocycles. The smallest absolute Gasteiger partial charge is 0.121 e. The molecule has 1 rings (SSSR count). The van der Waals surface area contributed by atoms with Gasteiger partial charge >= 0.3 is 0 Å². The number of hydrogen-bond donors (Lipinski definition) is 1. The Morgan fingerprint density at radius 3 is 2.33 bits per heavy atom. The van der Waals surface area contributed by atoms with Gasteiger partial charge in [-0.1, -0.05) is 0 Å². The van der Waals surface area contributed by atoms with Gasteiger partial charge in [-0.3, -0.25) is 0 Å². The molecule has 12 heavy (non-hydrogen) atoms. The molecule has 0 atom stereocenters. The second kappa shape index (κ2) is 2.93. The van der Waals surface area contributed by atoms with Crippen molar-refractivity contribution in [3.8, 4) is 5.75 Å². The molecule has 1 aromatic rings. The molecule has 3 heteroatoms. The maximum atomic E-state index is 10.3. The maximum Gasteiger partial charge on any atom is 0.121 e. The quantitative estimate of drug-likeness (QED) is 0.650. The molecule has 0 amide bonds. The van der Waals surface area contributed by atoms with E-state index in [1.54, 1.807) is 26.8 Å². The Bertz CT molecular complexity index is 332. The van der Waals surface area contributed by atoms with Crippen LogP contribution in [-0.4, -0.2) is 5.11 Å². The minimum Gasteiger partial charge on any atom is -0.507 e. The van der Waals surface area contributed by atoms with E-state index in [9.17, 15) is 10.0 Å². The van der Waals surface area contributed by atoms with Gasteiger partial charge in [0.25, 0.3) is 0 Å². The summed E-state index contributed by atoms with van der Waals surface area (Å²) in [7, 11) is 0. The van der Waals surface area contributed by atoms with Crippen LogP contribution in [0.15, 0.2) is 11.2 Å². The van der Waals surface area contributed by atoms with E-state index in [2.05, 4.69) is 5.18 Å². The summed E-state index contributed by atoms with van der Waals surface area (Å²) < 4.78 is 0. The van der Waals surface area contributed by atoms with Crippen LogP contribution in [0.3, 0.4) is 0 Å². The summed E-state index contributed by atoms with van der Waals surface area (Å²) in [5.41, 5.74) is 2.56. The molecule has 0 saturated carbocycles. The average molecular weight is 165 g/mol. The monoisotopic (exact) mass is 165 g/mol. The minimum atomic E-state index is 0.250. The molecule has 0 aromatic heterocycles. The topological polar surface area (TPSA) is 49.7 Å². The molecule has 3 nitrogen and oxygen atoms in total. The number of aryl methyl sites for hydroxylation is 1. The lowest BCUT2D eigenvalue weighted by atomic mass is 10.0. The van der Waals surface area contributed by atoms with Crippen molar-refractivity contribution in [1.82, 2.24) is 0 Å². The molecule has 0 fully saturated rings. The van der Waals surface area contributed by atoms with Crippen molar-refractivity contribution in [2.45, 2.75) is 20.8 Å². The van der Waals surface area contributed by atoms with Gasteiger partial charge in [0.1, 0.15) is 11.4 Å². The number of nitroso groups, excluding NO2 is 1. The number of rotatable bonds is 1. The van der Waals surface area contributed by atoms with E-state index in [0.29, 0.717) is 11.3 Å². The molecule has 0 unspecified atom stereocenters. The lowest BCUT2D eigenvalue weighted by molar-refractivity contribution is 0.466. The van der Waals surface area contributed by atoms with Gasteiger partial charge in [0.15, 0.2) is 0 Å². The SMILES string of the molecule is Cc1cc(N=O)c(C)c(C)c1O. The van der Waals surface area contributed by atoms with Crippen molar-refractivity contribution >= 4 is 5.69 Å². The van der Waals surface area contributed by atoms with Crippen molar-refractivity contribution in [2.75, 3.05) is 0 Å². The lowest BCUT2D eigenvalue weighted by Gasteiger charge is -2.07. The van der Waals surface area contributed by atoms with Gasteiger partial charge in [-0.25, -0.2) is 0 Å². The van der Waals surface area contributed by atoms with Crippen LogP contribution < -0.4 is 0 Å². The average Bonchev–Trinajstić information content (AvgIpc) is 2.08. The zero-order valence-electron chi connectivity index (χ0n) is 7.38. The number of phenols is 1. The third kappa shape index (κ3) is 1.18. The van der Waals surface area contributed by atoms with E-state index >= 15 is 0 Å². The molecule has 1 N–H and O–H groups in total. The molecular formula is C9H11NO2. The third-order valence-corrected chi connectivity index (χ3v) is 2.13. The predicted molar refractivity (Wildman–Crippen MR) is 47.8 cm³/mol. The Morgan fingerprint density at radius 1 is 1.25 bits per heavy atom. The fourth-order valence-corrected chi connectivity index (χ4v) is 1.14. The molecular weight excluding hydrogens is 154 g/mol. The van der Waals surface area contributed by atoms with E-state index in [0.717, 1.165) is 11.1 Å². The fraction of sp³-hybridized carbons (Fsp3) is 0.333. The minimum absolute atomic E-state index is 0.250. The predicted octanol–water partition coefficient (Wildman–Crippen LogP) is 2.72. The van der Waals surface area contributed by atoms with E-state index < -0.39 is 0 Å². The Labute approximate surface area is 71.0 Å². The zero-order chi connectivity index (χ0) is 9.30. The molecule has 64 valence electrons. The molecule has 0 aliphatic carbocycles. The molecule has 0 spiro atoms. The summed E-state index contributed by atoms with van der Waals surface area (Å²) in [6.07, 6.45) is 0. The highest BCUT2D eigenvalue weighted by Gasteiger charge is 2.08. The molecule has 0 aliphatic heterocycles. The molecule has 0 bridgehead atoms. The van der Waals surface area contributed by atoms with Gasteiger partial charge in [-0.15, -0.1) is 4.91 Å². The van der Waals surface area contributed by atoms with Crippen LogP contribution in [0.1, 0.15) is 16.7 Å². The Morgan fingerprint density at radius 2 is 1.83 bits per heavy atom. The van der Waals surface area contributed by atoms with Gasteiger partial charge in [-0.2, -0.15) is 0 Å². The normalized spacial score (nSPS) is 9.92. The second-order valence-electron chi connectivity index (χ2n) is 2.90. The number of benzene rings is 1. The first kappa shape index (κ1) is 8.71. The largest absolute Gasteiger partial charge is 0.507 e. The standard InChI is InChI=1S/C9H11NO2/c1-5-4-8(10-12)6(2)7(3)9(5)11/h4,11H,1-3H3. The number of phenolic OH excluding ortho intramolecular Hbond substituents is 1. The van der Waals surface area contributed by atoms with Gasteiger partial charge in [0, 0.05) is 0 Å². The van der Waals surface area contributed by atoms with Crippen LogP contribution >= 0.6 is 0 Å². The summed E-state index contributed by atoms with van der Waals surface area (Å²) in [5.74, 6) is 0.250. The first-order valence-corrected chi connectivity index (χ1v) is 3.71. The number of hydrogen-bond acceptors (Lipinski definition) is 3. The highest BCUT2D eigenvalue weighted by atomic mass is 16.3. The van der Waals surface area contributed by atoms with Crippen LogP contribution in [0.25, 0.3) is 0 Å². The van der Waals surface area contributed by atoms with E-state index in [1.165, 1.54) is 0 Å². The molecule has 0 aliphatic rings. The summed E-state index contributed by atoms with van der Waals surface area (Å²) in [5, 5.41) is 12.3. The zero-order valence-corrected chi connectivity index (χ0v) is 7.38. The summed E-state index contributed by atoms with van der Waals surface area (Å²) in [6, 6.07) is 1.59. The Balaban J connectivity index is 3.49. The van der Waals surface area contributed by atoms with E-state index in [4.69, 9.17) is 0 Å². The van der Waals surface area contributed by atoms with Crippen molar-refractivity contribution in [3.63, 3.8) is 0 Å². The maximum absolute atomic E-state index is 10.3. The van der Waals surface area contributed by atoms with Crippen molar-refractivity contribution < 1.29 is 5.11 Å². The molecule has 0 saturated heterocycles. The Hall–Kier alpha value is -1.38. The van der Waals surface area contributed by atoms with Gasteiger partial charge in [-0.05, 0) is 48.7 Å². The van der Waals surface area contributed by atoms with Crippen LogP contribution in [0, 0.1) is 25.7 Å². The van der Waals surface area contributed by atoms with Crippen molar-refractivity contribution in [2.24, 2.45) is 5.18 Å². The van der Waals surface area contributed by atoms with E-state index in [-0.39, 0.29) is 5.75 Å². The summed E-state index contributed by atoms with van der Waals surface area (Å²) in [6.45, 7) is 5.29. The van der Waals surface area contributed by atoms with Crippen LogP contribution in [0.4, 0.5) is 5.69 Å². The molecule has 0 radical (unpaired) electrons. The Kier molecular flexibility index (Phi) is 2.13. The number of nitrogens with zero attached hydrogens (tertiary/aromatic N) is 1. The second-order valence-corrected chi connectivity index (χ2v) is 2.90. The first-order valence-electron chi connectivity index (χ1n) is 3.71. The van der Waals surface area contributed by atoms with Crippen LogP contribution in [-0.2, 0) is 0 Å². The van der Waals surface area contributed by atoms with Gasteiger partial charge < -0.3 is 5.11 Å². The fourth-order valence-electron chi connectivity index (χ4n) is 1.14. The van der Waals surface area contributed by atoms with Crippen molar-refractivity contribution in [3.05, 3.63) is 27.7 Å². The highest BCUT2D eigenvalue weighted by Crippen LogP contribution is 2.31. The van der Waals surface area contributed by atoms with Crippen LogP contribution in [0.2, 0.25) is 0 Å². The lowest BCUT2D eigenvalue weighted by Crippen LogP contribution is -1.85. The summed E-state index contributed by atoms with van der Waals surface area (Å²) in [4.78, 5) is 10.3. The number of aromatic hydroxyl groups is 1. The van der Waals surface area contributed by atoms with Crippen molar-refractivity contribution in [1.29, 1.82) is 0 Å². The molecule has 0 heterocycles. The van der Waals surface area contributed by atoms with Gasteiger partial charge in [0.05, 0.1) is 0 Å². The van der Waals surface area contributed by atoms with E-state index in [1.807, 2.05) is 0 Å².